The van der Waals surface area contributed by atoms with Crippen LogP contribution in [0.25, 0.3) is 21.8 Å². The highest BCUT2D eigenvalue weighted by Gasteiger charge is 2.11. The summed E-state index contributed by atoms with van der Waals surface area (Å²) in [7, 11) is 0. The molecule has 4 rings (SSSR count). The van der Waals surface area contributed by atoms with Crippen LogP contribution in [-0.2, 0) is 4.79 Å². The number of rotatable bonds is 4. The molecule has 0 aliphatic heterocycles. The van der Waals surface area contributed by atoms with Crippen LogP contribution in [0.5, 0.6) is 11.5 Å². The summed E-state index contributed by atoms with van der Waals surface area (Å²) in [6, 6.07) is 18.4. The number of halogens is 1. The van der Waals surface area contributed by atoms with Gasteiger partial charge >= 0.3 is 0 Å². The zero-order valence-corrected chi connectivity index (χ0v) is 14.6. The standard InChI is InChI=1S/C21H18FN3O2/c1-12(22)21(26)24-14-3-5-15(6-4-14)27-16-7-9-18-17-8-2-13(23)10-19(17)25-20(18)11-16/h2-12,25H,23H2,1H3,(H,24,26). The topological polar surface area (TPSA) is 80.1 Å². The number of anilines is 2. The Hall–Kier alpha value is -3.54. The first-order valence-electron chi connectivity index (χ1n) is 8.53. The van der Waals surface area contributed by atoms with E-state index in [2.05, 4.69) is 10.3 Å². The number of amides is 1. The predicted molar refractivity (Wildman–Crippen MR) is 106 cm³/mol. The van der Waals surface area contributed by atoms with E-state index in [1.54, 1.807) is 24.3 Å². The van der Waals surface area contributed by atoms with Crippen molar-refractivity contribution in [3.63, 3.8) is 0 Å². The van der Waals surface area contributed by atoms with Crippen LogP contribution in [0.3, 0.4) is 0 Å². The molecule has 1 aromatic heterocycles. The van der Waals surface area contributed by atoms with Gasteiger partial charge in [0, 0.05) is 33.7 Å². The van der Waals surface area contributed by atoms with Crippen molar-refractivity contribution in [3.8, 4) is 11.5 Å². The van der Waals surface area contributed by atoms with Crippen LogP contribution >= 0.6 is 0 Å². The number of H-pyrrole nitrogens is 1. The summed E-state index contributed by atoms with van der Waals surface area (Å²) < 4.78 is 18.8. The zero-order chi connectivity index (χ0) is 19.0. The summed E-state index contributed by atoms with van der Waals surface area (Å²) in [6.45, 7) is 1.20. The molecule has 1 unspecified atom stereocenters. The Labute approximate surface area is 154 Å². The maximum absolute atomic E-state index is 12.9. The van der Waals surface area contributed by atoms with Crippen LogP contribution in [0.1, 0.15) is 6.92 Å². The molecule has 1 amide bonds. The number of alkyl halides is 1. The van der Waals surface area contributed by atoms with Gasteiger partial charge in [0.25, 0.3) is 5.91 Å². The van der Waals surface area contributed by atoms with Gasteiger partial charge in [-0.3, -0.25) is 4.79 Å². The summed E-state index contributed by atoms with van der Waals surface area (Å²) in [4.78, 5) is 14.7. The molecule has 0 radical (unpaired) electrons. The Bertz CT molecular complexity index is 1130. The molecule has 0 fully saturated rings. The molecule has 0 aliphatic carbocycles. The van der Waals surface area contributed by atoms with Crippen molar-refractivity contribution in [2.45, 2.75) is 13.1 Å². The molecule has 0 saturated carbocycles. The van der Waals surface area contributed by atoms with E-state index in [9.17, 15) is 9.18 Å². The number of nitrogens with two attached hydrogens (primary N) is 1. The molecule has 1 atom stereocenters. The van der Waals surface area contributed by atoms with Crippen LogP contribution in [-0.4, -0.2) is 17.1 Å². The summed E-state index contributed by atoms with van der Waals surface area (Å²) in [6.07, 6.45) is -1.56. The van der Waals surface area contributed by atoms with Crippen molar-refractivity contribution in [1.29, 1.82) is 0 Å². The first kappa shape index (κ1) is 16.9. The van der Waals surface area contributed by atoms with Gasteiger partial charge in [-0.15, -0.1) is 0 Å². The first-order valence-corrected chi connectivity index (χ1v) is 8.53. The molecule has 0 bridgehead atoms. The quantitative estimate of drug-likeness (QED) is 0.447. The van der Waals surface area contributed by atoms with E-state index in [1.807, 2.05) is 36.4 Å². The van der Waals surface area contributed by atoms with E-state index >= 15 is 0 Å². The third-order valence-electron chi connectivity index (χ3n) is 4.31. The fraction of sp³-hybridized carbons (Fsp3) is 0.0952. The van der Waals surface area contributed by atoms with Crippen LogP contribution in [0.4, 0.5) is 15.8 Å². The minimum absolute atomic E-state index is 0.514. The van der Waals surface area contributed by atoms with Crippen LogP contribution in [0.2, 0.25) is 0 Å². The van der Waals surface area contributed by atoms with Gasteiger partial charge in [0.1, 0.15) is 11.5 Å². The van der Waals surface area contributed by atoms with Gasteiger partial charge in [0.15, 0.2) is 6.17 Å². The molecule has 4 aromatic rings. The van der Waals surface area contributed by atoms with E-state index < -0.39 is 12.1 Å². The lowest BCUT2D eigenvalue weighted by Crippen LogP contribution is -2.20. The number of carbonyl (C=O) groups excluding carboxylic acids is 1. The van der Waals surface area contributed by atoms with Crippen molar-refractivity contribution in [3.05, 3.63) is 60.7 Å². The second-order valence-corrected chi connectivity index (χ2v) is 6.37. The third kappa shape index (κ3) is 3.42. The number of hydrogen-bond acceptors (Lipinski definition) is 3. The predicted octanol–water partition coefficient (Wildman–Crippen LogP) is 4.99. The molecule has 27 heavy (non-hydrogen) atoms. The van der Waals surface area contributed by atoms with Crippen molar-refractivity contribution < 1.29 is 13.9 Å². The average molecular weight is 363 g/mol. The van der Waals surface area contributed by atoms with Gasteiger partial charge in [-0.2, -0.15) is 0 Å². The Morgan fingerprint density at radius 3 is 2.33 bits per heavy atom. The lowest BCUT2D eigenvalue weighted by molar-refractivity contribution is -0.120. The summed E-state index contributed by atoms with van der Waals surface area (Å²) in [5, 5.41) is 4.69. The smallest absolute Gasteiger partial charge is 0.258 e. The van der Waals surface area contributed by atoms with E-state index in [4.69, 9.17) is 10.5 Å². The number of fused-ring (bicyclic) bond motifs is 3. The van der Waals surface area contributed by atoms with Gasteiger partial charge in [-0.05, 0) is 55.5 Å². The number of aromatic nitrogens is 1. The number of aromatic amines is 1. The van der Waals surface area contributed by atoms with Gasteiger partial charge < -0.3 is 20.8 Å². The van der Waals surface area contributed by atoms with Gasteiger partial charge in [0.05, 0.1) is 5.52 Å². The first-order chi connectivity index (χ1) is 13.0. The largest absolute Gasteiger partial charge is 0.457 e. The van der Waals surface area contributed by atoms with E-state index in [0.717, 1.165) is 21.8 Å². The number of ether oxygens (including phenoxy) is 1. The van der Waals surface area contributed by atoms with E-state index in [-0.39, 0.29) is 0 Å². The molecule has 5 nitrogen and oxygen atoms in total. The monoisotopic (exact) mass is 363 g/mol. The normalized spacial score (nSPS) is 12.2. The Kier molecular flexibility index (Phi) is 4.16. The van der Waals surface area contributed by atoms with Gasteiger partial charge in [0.2, 0.25) is 0 Å². The average Bonchev–Trinajstić information content (AvgIpc) is 2.99. The molecule has 1 heterocycles. The lowest BCUT2D eigenvalue weighted by Gasteiger charge is -2.08. The highest BCUT2D eigenvalue weighted by molar-refractivity contribution is 6.08. The number of carbonyl (C=O) groups is 1. The minimum atomic E-state index is -1.56. The second-order valence-electron chi connectivity index (χ2n) is 6.37. The Balaban J connectivity index is 1.56. The summed E-state index contributed by atoms with van der Waals surface area (Å²) in [5.41, 5.74) is 9.00. The minimum Gasteiger partial charge on any atom is -0.457 e. The van der Waals surface area contributed by atoms with Crippen molar-refractivity contribution >= 4 is 39.1 Å². The van der Waals surface area contributed by atoms with Gasteiger partial charge in [-0.1, -0.05) is 6.07 Å². The van der Waals surface area contributed by atoms with Crippen LogP contribution in [0.15, 0.2) is 60.7 Å². The highest BCUT2D eigenvalue weighted by Crippen LogP contribution is 2.31. The molecular formula is C21H18FN3O2. The summed E-state index contributed by atoms with van der Waals surface area (Å²) in [5.74, 6) is 0.616. The van der Waals surface area contributed by atoms with Crippen LogP contribution in [0, 0.1) is 0 Å². The van der Waals surface area contributed by atoms with E-state index in [1.165, 1.54) is 6.92 Å². The number of nitrogen functional groups attached to an aromatic ring is 1. The Morgan fingerprint density at radius 1 is 1.00 bits per heavy atom. The third-order valence-corrected chi connectivity index (χ3v) is 4.31. The lowest BCUT2D eigenvalue weighted by atomic mass is 10.1. The van der Waals surface area contributed by atoms with Crippen LogP contribution < -0.4 is 15.8 Å². The molecule has 136 valence electrons. The maximum atomic E-state index is 12.9. The molecule has 4 N–H and O–H groups in total. The molecule has 0 saturated heterocycles. The number of benzene rings is 3. The maximum Gasteiger partial charge on any atom is 0.258 e. The molecular weight excluding hydrogens is 345 g/mol. The van der Waals surface area contributed by atoms with E-state index in [0.29, 0.717) is 22.9 Å². The van der Waals surface area contributed by atoms with Crippen molar-refractivity contribution in [2.24, 2.45) is 0 Å². The number of nitrogens with one attached hydrogen (secondary N) is 2. The molecule has 0 spiro atoms. The second kappa shape index (κ2) is 6.64. The van der Waals surface area contributed by atoms with Crippen molar-refractivity contribution in [2.75, 3.05) is 11.1 Å². The highest BCUT2D eigenvalue weighted by atomic mass is 19.1. The molecule has 0 aliphatic rings. The van der Waals surface area contributed by atoms with Crippen molar-refractivity contribution in [1.82, 2.24) is 4.98 Å². The fourth-order valence-corrected chi connectivity index (χ4v) is 2.95. The Morgan fingerprint density at radius 2 is 1.63 bits per heavy atom. The van der Waals surface area contributed by atoms with Gasteiger partial charge in [-0.25, -0.2) is 4.39 Å². The SMILES string of the molecule is CC(F)C(=O)Nc1ccc(Oc2ccc3c(c2)[nH]c2cc(N)ccc23)cc1. The zero-order valence-electron chi connectivity index (χ0n) is 14.6. The fourth-order valence-electron chi connectivity index (χ4n) is 2.95. The molecule has 6 heteroatoms. The summed E-state index contributed by atoms with van der Waals surface area (Å²) >= 11 is 0. The molecule has 3 aromatic carbocycles. The number of hydrogen-bond donors (Lipinski definition) is 3.